The monoisotopic (exact) mass is 348 g/mol. The predicted molar refractivity (Wildman–Crippen MR) is 87.7 cm³/mol. The van der Waals surface area contributed by atoms with Crippen LogP contribution in [-0.2, 0) is 4.79 Å². The molecule has 1 saturated carbocycles. The van der Waals surface area contributed by atoms with Crippen LogP contribution in [0.25, 0.3) is 0 Å². The van der Waals surface area contributed by atoms with Gasteiger partial charge >= 0.3 is 0 Å². The predicted octanol–water partition coefficient (Wildman–Crippen LogP) is 2.27. The van der Waals surface area contributed by atoms with Gasteiger partial charge in [0.25, 0.3) is 0 Å². The summed E-state index contributed by atoms with van der Waals surface area (Å²) in [5, 5.41) is 16.1. The molecule has 0 spiro atoms. The summed E-state index contributed by atoms with van der Waals surface area (Å²) < 4.78 is 5.48. The second-order valence-corrected chi connectivity index (χ2v) is 7.60. The summed E-state index contributed by atoms with van der Waals surface area (Å²) in [5.41, 5.74) is 0. The van der Waals surface area contributed by atoms with Gasteiger partial charge in [-0.05, 0) is 39.2 Å². The van der Waals surface area contributed by atoms with Crippen LogP contribution < -0.4 is 5.32 Å². The summed E-state index contributed by atoms with van der Waals surface area (Å²) in [5.74, 6) is 1.86. The number of likely N-dealkylation sites (tertiary alicyclic amines) is 1. The minimum Gasteiger partial charge on any atom is -0.338 e. The molecule has 0 bridgehead atoms. The zero-order valence-corrected chi connectivity index (χ0v) is 14.4. The second kappa shape index (κ2) is 6.56. The van der Waals surface area contributed by atoms with Gasteiger partial charge in [0.15, 0.2) is 5.82 Å². The van der Waals surface area contributed by atoms with Crippen LogP contribution in [0.4, 0.5) is 5.13 Å². The third-order valence-corrected chi connectivity index (χ3v) is 5.17. The molecule has 3 heterocycles. The van der Waals surface area contributed by atoms with Crippen molar-refractivity contribution in [3.63, 3.8) is 0 Å². The molecule has 24 heavy (non-hydrogen) atoms. The SMILES string of the molecule is Cc1nnc(NC(=O)CN2CCCCC2c2nc(C3CC3)no2)s1. The van der Waals surface area contributed by atoms with Gasteiger partial charge in [-0.3, -0.25) is 15.0 Å². The Hall–Kier alpha value is -1.87. The number of anilines is 1. The molecule has 1 atom stereocenters. The molecule has 1 amide bonds. The normalized spacial score (nSPS) is 21.8. The molecule has 128 valence electrons. The Balaban J connectivity index is 1.42. The molecule has 1 aliphatic heterocycles. The molecule has 1 N–H and O–H groups in total. The summed E-state index contributed by atoms with van der Waals surface area (Å²) in [4.78, 5) is 19.0. The highest BCUT2D eigenvalue weighted by Crippen LogP contribution is 2.39. The molecule has 1 saturated heterocycles. The number of carbonyl (C=O) groups excluding carboxylic acids is 1. The maximum Gasteiger partial charge on any atom is 0.244 e. The van der Waals surface area contributed by atoms with Crippen LogP contribution in [0.1, 0.15) is 60.8 Å². The van der Waals surface area contributed by atoms with Crippen LogP contribution >= 0.6 is 11.3 Å². The number of piperidine rings is 1. The fourth-order valence-electron chi connectivity index (χ4n) is 3.04. The Morgan fingerprint density at radius 1 is 1.33 bits per heavy atom. The van der Waals surface area contributed by atoms with E-state index in [9.17, 15) is 4.79 Å². The topological polar surface area (TPSA) is 97.0 Å². The van der Waals surface area contributed by atoms with Gasteiger partial charge < -0.3 is 4.52 Å². The van der Waals surface area contributed by atoms with E-state index in [1.165, 1.54) is 11.3 Å². The molecule has 1 unspecified atom stereocenters. The van der Waals surface area contributed by atoms with Crippen molar-refractivity contribution in [1.29, 1.82) is 0 Å². The molecular weight excluding hydrogens is 328 g/mol. The lowest BCUT2D eigenvalue weighted by Crippen LogP contribution is -2.39. The Labute approximate surface area is 143 Å². The maximum atomic E-state index is 12.3. The summed E-state index contributed by atoms with van der Waals surface area (Å²) in [6.45, 7) is 3.01. The first-order valence-electron chi connectivity index (χ1n) is 8.36. The second-order valence-electron chi connectivity index (χ2n) is 6.42. The van der Waals surface area contributed by atoms with Crippen LogP contribution in [0.15, 0.2) is 4.52 Å². The number of nitrogens with one attached hydrogen (secondary N) is 1. The quantitative estimate of drug-likeness (QED) is 0.885. The largest absolute Gasteiger partial charge is 0.338 e. The van der Waals surface area contributed by atoms with Gasteiger partial charge in [0.05, 0.1) is 12.6 Å². The number of aryl methyl sites for hydroxylation is 1. The molecule has 9 heteroatoms. The first-order valence-corrected chi connectivity index (χ1v) is 9.18. The van der Waals surface area contributed by atoms with Gasteiger partial charge in [-0.15, -0.1) is 10.2 Å². The van der Waals surface area contributed by atoms with Gasteiger partial charge in [0.2, 0.25) is 16.9 Å². The Morgan fingerprint density at radius 3 is 2.96 bits per heavy atom. The molecule has 2 aromatic rings. The fourth-order valence-corrected chi connectivity index (χ4v) is 3.65. The smallest absolute Gasteiger partial charge is 0.244 e. The zero-order chi connectivity index (χ0) is 16.5. The number of nitrogens with zero attached hydrogens (tertiary/aromatic N) is 5. The molecule has 8 nitrogen and oxygen atoms in total. The van der Waals surface area contributed by atoms with Crippen molar-refractivity contribution in [2.75, 3.05) is 18.4 Å². The third kappa shape index (κ3) is 3.46. The summed E-state index contributed by atoms with van der Waals surface area (Å²) >= 11 is 1.38. The average molecular weight is 348 g/mol. The van der Waals surface area contributed by atoms with E-state index in [0.29, 0.717) is 23.5 Å². The average Bonchev–Trinajstić information content (AvgIpc) is 3.16. The highest BCUT2D eigenvalue weighted by molar-refractivity contribution is 7.15. The van der Waals surface area contributed by atoms with Crippen molar-refractivity contribution in [3.05, 3.63) is 16.7 Å². The van der Waals surface area contributed by atoms with E-state index in [1.54, 1.807) is 0 Å². The van der Waals surface area contributed by atoms with Crippen molar-refractivity contribution in [3.8, 4) is 0 Å². The summed E-state index contributed by atoms with van der Waals surface area (Å²) in [7, 11) is 0. The van der Waals surface area contributed by atoms with Crippen molar-refractivity contribution >= 4 is 22.4 Å². The van der Waals surface area contributed by atoms with Crippen LogP contribution in [0, 0.1) is 6.92 Å². The van der Waals surface area contributed by atoms with Gasteiger partial charge in [0, 0.05) is 5.92 Å². The van der Waals surface area contributed by atoms with E-state index in [1.807, 2.05) is 6.92 Å². The van der Waals surface area contributed by atoms with E-state index in [0.717, 1.165) is 49.5 Å². The first kappa shape index (κ1) is 15.6. The molecule has 4 rings (SSSR count). The number of rotatable bonds is 5. The Bertz CT molecular complexity index is 725. The van der Waals surface area contributed by atoms with Crippen LogP contribution in [0.2, 0.25) is 0 Å². The van der Waals surface area contributed by atoms with Crippen molar-refractivity contribution in [2.45, 2.75) is 51.0 Å². The molecule has 2 fully saturated rings. The maximum absolute atomic E-state index is 12.3. The highest BCUT2D eigenvalue weighted by Gasteiger charge is 2.33. The zero-order valence-electron chi connectivity index (χ0n) is 13.6. The van der Waals surface area contributed by atoms with E-state index in [2.05, 4.69) is 30.6 Å². The Kier molecular flexibility index (Phi) is 4.28. The van der Waals surface area contributed by atoms with Crippen LogP contribution in [0.3, 0.4) is 0 Å². The van der Waals surface area contributed by atoms with Gasteiger partial charge in [-0.1, -0.05) is 22.9 Å². The minimum atomic E-state index is -0.0834. The molecule has 2 aromatic heterocycles. The van der Waals surface area contributed by atoms with Gasteiger partial charge in [-0.25, -0.2) is 0 Å². The summed E-state index contributed by atoms with van der Waals surface area (Å²) in [6, 6.07) is 0.0284. The van der Waals surface area contributed by atoms with Crippen molar-refractivity contribution in [2.24, 2.45) is 0 Å². The summed E-state index contributed by atoms with van der Waals surface area (Å²) in [6.07, 6.45) is 5.43. The standard InChI is InChI=1S/C15H20N6O2S/c1-9-18-19-15(24-9)16-12(22)8-21-7-3-2-4-11(21)14-17-13(20-23-14)10-5-6-10/h10-11H,2-8H2,1H3,(H,16,19,22). The lowest BCUT2D eigenvalue weighted by atomic mass is 10.0. The lowest BCUT2D eigenvalue weighted by molar-refractivity contribution is -0.118. The number of aromatic nitrogens is 4. The molecule has 0 radical (unpaired) electrons. The Morgan fingerprint density at radius 2 is 2.21 bits per heavy atom. The highest BCUT2D eigenvalue weighted by atomic mass is 32.1. The van der Waals surface area contributed by atoms with E-state index in [4.69, 9.17) is 4.52 Å². The van der Waals surface area contributed by atoms with Gasteiger partial charge in [0.1, 0.15) is 5.01 Å². The molecule has 2 aliphatic rings. The molecule has 0 aromatic carbocycles. The number of hydrogen-bond donors (Lipinski definition) is 1. The third-order valence-electron chi connectivity index (χ3n) is 4.42. The molecular formula is C15H20N6O2S. The first-order chi connectivity index (χ1) is 11.7. The van der Waals surface area contributed by atoms with Crippen LogP contribution in [-0.4, -0.2) is 44.2 Å². The van der Waals surface area contributed by atoms with Crippen molar-refractivity contribution < 1.29 is 9.32 Å². The lowest BCUT2D eigenvalue weighted by Gasteiger charge is -2.32. The molecule has 1 aliphatic carbocycles. The van der Waals surface area contributed by atoms with Crippen LogP contribution in [0.5, 0.6) is 0 Å². The minimum absolute atomic E-state index is 0.0284. The number of carbonyl (C=O) groups is 1. The number of hydrogen-bond acceptors (Lipinski definition) is 8. The van der Waals surface area contributed by atoms with E-state index in [-0.39, 0.29) is 11.9 Å². The van der Waals surface area contributed by atoms with E-state index < -0.39 is 0 Å². The van der Waals surface area contributed by atoms with Gasteiger partial charge in [-0.2, -0.15) is 4.98 Å². The van der Waals surface area contributed by atoms with Crippen molar-refractivity contribution in [1.82, 2.24) is 25.2 Å². The number of amides is 1. The fraction of sp³-hybridized carbons (Fsp3) is 0.667. The van der Waals surface area contributed by atoms with E-state index >= 15 is 0 Å².